The van der Waals surface area contributed by atoms with Crippen molar-refractivity contribution in [1.29, 1.82) is 0 Å². The zero-order chi connectivity index (χ0) is 22.3. The van der Waals surface area contributed by atoms with Gasteiger partial charge in [-0.05, 0) is 24.3 Å². The first-order valence-corrected chi connectivity index (χ1v) is 11.3. The summed E-state index contributed by atoms with van der Waals surface area (Å²) in [5.74, 6) is -0.304. The zero-order valence-electron chi connectivity index (χ0n) is 16.1. The predicted molar refractivity (Wildman–Crippen MR) is 104 cm³/mol. The Kier molecular flexibility index (Phi) is 7.20. The van der Waals surface area contributed by atoms with E-state index >= 15 is 0 Å². The normalized spacial score (nSPS) is 12.1. The number of phenolic OH excluding ortho intramolecular Hbond substituents is 1. The van der Waals surface area contributed by atoms with Gasteiger partial charge < -0.3 is 9.66 Å². The van der Waals surface area contributed by atoms with E-state index in [-0.39, 0.29) is 57.5 Å². The number of benzene rings is 3. The number of nitro groups is 1. The third-order valence-electron chi connectivity index (χ3n) is 4.05. The van der Waals surface area contributed by atoms with Gasteiger partial charge in [-0.25, -0.2) is 16.8 Å². The van der Waals surface area contributed by atoms with Gasteiger partial charge in [0.1, 0.15) is 26.5 Å². The molecule has 0 unspecified atom stereocenters. The van der Waals surface area contributed by atoms with Crippen LogP contribution in [-0.4, -0.2) is 37.7 Å². The van der Waals surface area contributed by atoms with Gasteiger partial charge in [-0.15, -0.1) is 10.2 Å². The van der Waals surface area contributed by atoms with Crippen LogP contribution in [0.5, 0.6) is 5.75 Å². The van der Waals surface area contributed by atoms with Crippen LogP contribution in [0.1, 0.15) is 0 Å². The fraction of sp³-hybridized carbons (Fsp3) is 0.0588. The van der Waals surface area contributed by atoms with E-state index in [0.29, 0.717) is 0 Å². The van der Waals surface area contributed by atoms with E-state index in [1.807, 2.05) is 0 Å². The third-order valence-corrected chi connectivity index (χ3v) is 6.05. The molecular formula is C17H12N3NaO8S2. The Bertz CT molecular complexity index is 1440. The molecule has 3 rings (SSSR count). The quantitative estimate of drug-likeness (QED) is 0.179. The number of non-ortho nitro benzene ring substituents is 1. The van der Waals surface area contributed by atoms with E-state index < -0.39 is 40.4 Å². The summed E-state index contributed by atoms with van der Waals surface area (Å²) in [4.78, 5) is 9.06. The Morgan fingerprint density at radius 1 is 0.935 bits per heavy atom. The number of azo groups is 1. The second-order valence-corrected chi connectivity index (χ2v) is 9.45. The van der Waals surface area contributed by atoms with Crippen molar-refractivity contribution in [2.45, 2.75) is 9.79 Å². The number of nitro benzene ring substituents is 1. The van der Waals surface area contributed by atoms with Crippen LogP contribution >= 0.6 is 0 Å². The van der Waals surface area contributed by atoms with Crippen LogP contribution in [0.2, 0.25) is 0 Å². The summed E-state index contributed by atoms with van der Waals surface area (Å²) < 4.78 is 58.9. The van der Waals surface area contributed by atoms with Gasteiger partial charge in [0, 0.05) is 29.2 Å². The maximum Gasteiger partial charge on any atom is 1.00 e. The Balaban J connectivity index is 0.00000341. The molecule has 0 heterocycles. The van der Waals surface area contributed by atoms with Crippen LogP contribution < -0.4 is 29.6 Å². The number of nitrogens with zero attached hydrogens (tertiary/aromatic N) is 3. The second-order valence-electron chi connectivity index (χ2n) is 6.12. The summed E-state index contributed by atoms with van der Waals surface area (Å²) in [6.07, 6.45) is 0.836. The van der Waals surface area contributed by atoms with E-state index in [1.165, 1.54) is 24.3 Å². The molecule has 0 amide bonds. The number of sulfone groups is 1. The van der Waals surface area contributed by atoms with E-state index in [2.05, 4.69) is 10.2 Å². The molecule has 0 saturated heterocycles. The Hall–Kier alpha value is -2.42. The molecule has 0 atom stereocenters. The topological polar surface area (TPSA) is 179 Å². The molecular weight excluding hydrogens is 461 g/mol. The van der Waals surface area contributed by atoms with Crippen LogP contribution in [0.3, 0.4) is 0 Å². The zero-order valence-corrected chi connectivity index (χ0v) is 19.7. The number of fused-ring (bicyclic) bond motifs is 1. The van der Waals surface area contributed by atoms with Crippen LogP contribution in [-0.2, 0) is 20.0 Å². The van der Waals surface area contributed by atoms with Gasteiger partial charge in [0.15, 0.2) is 9.84 Å². The minimum atomic E-state index is -4.93. The number of rotatable bonds is 5. The molecule has 0 aliphatic carbocycles. The van der Waals surface area contributed by atoms with Gasteiger partial charge in [-0.2, -0.15) is 0 Å². The molecule has 14 heteroatoms. The summed E-state index contributed by atoms with van der Waals surface area (Å²) in [6, 6.07) is 9.00. The van der Waals surface area contributed by atoms with Gasteiger partial charge in [0.25, 0.3) is 5.69 Å². The van der Waals surface area contributed by atoms with Crippen molar-refractivity contribution in [3.63, 3.8) is 0 Å². The van der Waals surface area contributed by atoms with E-state index in [4.69, 9.17) is 0 Å². The molecule has 0 aliphatic rings. The van der Waals surface area contributed by atoms with Crippen molar-refractivity contribution in [1.82, 2.24) is 0 Å². The van der Waals surface area contributed by atoms with Crippen LogP contribution in [0.25, 0.3) is 10.8 Å². The summed E-state index contributed by atoms with van der Waals surface area (Å²) in [5.41, 5.74) is -0.827. The molecule has 3 aromatic rings. The number of hydrogen-bond acceptors (Lipinski definition) is 10. The molecule has 0 bridgehead atoms. The number of phenols is 1. The van der Waals surface area contributed by atoms with E-state index in [0.717, 1.165) is 30.5 Å². The molecule has 0 aromatic heterocycles. The van der Waals surface area contributed by atoms with Gasteiger partial charge in [-0.3, -0.25) is 10.1 Å². The average molecular weight is 473 g/mol. The molecule has 0 spiro atoms. The number of hydrogen-bond donors (Lipinski definition) is 1. The molecule has 0 fully saturated rings. The molecule has 11 nitrogen and oxygen atoms in total. The van der Waals surface area contributed by atoms with Gasteiger partial charge in [0.05, 0.1) is 15.5 Å². The fourth-order valence-corrected chi connectivity index (χ4v) is 4.27. The van der Waals surface area contributed by atoms with Crippen LogP contribution in [0, 0.1) is 10.1 Å². The fourth-order valence-electron chi connectivity index (χ4n) is 2.74. The van der Waals surface area contributed by atoms with Crippen molar-refractivity contribution < 1.29 is 61.0 Å². The standard InChI is InChI=1S/C17H13N3O8S2.Na/c1-29(24,25)16-9-10(20(22)23)5-6-12(16)18-19-13-7-8-14(21)11-3-2-4-15(17(11)13)30(26,27)28;/h2-9,21H,1H3,(H,26,27,28);/q;+1/p-1/b19-18+;. The SMILES string of the molecule is CS(=O)(=O)c1cc([N+](=O)[O-])ccc1/N=N/c1ccc(O)c2cccc(S(=O)(=O)[O-])c12.[Na+]. The summed E-state index contributed by atoms with van der Waals surface area (Å²) in [7, 11) is -8.85. The van der Waals surface area contributed by atoms with Crippen molar-refractivity contribution >= 4 is 47.8 Å². The minimum absolute atomic E-state index is 0. The molecule has 1 N–H and O–H groups in total. The van der Waals surface area contributed by atoms with Gasteiger partial charge in [-0.1, -0.05) is 12.1 Å². The second kappa shape index (κ2) is 8.98. The molecule has 0 saturated carbocycles. The van der Waals surface area contributed by atoms with Gasteiger partial charge in [0.2, 0.25) is 0 Å². The van der Waals surface area contributed by atoms with Crippen molar-refractivity contribution in [3.05, 3.63) is 58.6 Å². The third kappa shape index (κ3) is 5.26. The monoisotopic (exact) mass is 473 g/mol. The first kappa shape index (κ1) is 24.8. The minimum Gasteiger partial charge on any atom is -0.744 e. The molecule has 3 aromatic carbocycles. The van der Waals surface area contributed by atoms with Crippen molar-refractivity contribution in [3.8, 4) is 5.75 Å². The Morgan fingerprint density at radius 3 is 2.13 bits per heavy atom. The average Bonchev–Trinajstić information content (AvgIpc) is 2.65. The predicted octanol–water partition coefficient (Wildman–Crippen LogP) is 0.181. The molecule has 156 valence electrons. The maximum absolute atomic E-state index is 12.0. The van der Waals surface area contributed by atoms with Gasteiger partial charge >= 0.3 is 29.6 Å². The maximum atomic E-state index is 12.0. The van der Waals surface area contributed by atoms with Crippen molar-refractivity contribution in [2.75, 3.05) is 6.26 Å². The molecule has 0 aliphatic heterocycles. The van der Waals surface area contributed by atoms with Crippen molar-refractivity contribution in [2.24, 2.45) is 10.2 Å². The molecule has 0 radical (unpaired) electrons. The summed E-state index contributed by atoms with van der Waals surface area (Å²) in [5, 5.41) is 28.4. The number of aromatic hydroxyl groups is 1. The summed E-state index contributed by atoms with van der Waals surface area (Å²) in [6.45, 7) is 0. The Labute approximate surface area is 198 Å². The van der Waals surface area contributed by atoms with E-state index in [9.17, 15) is 36.6 Å². The largest absolute Gasteiger partial charge is 1.00 e. The smallest absolute Gasteiger partial charge is 0.744 e. The first-order valence-electron chi connectivity index (χ1n) is 8.00. The van der Waals surface area contributed by atoms with Crippen LogP contribution in [0.4, 0.5) is 17.1 Å². The van der Waals surface area contributed by atoms with E-state index in [1.54, 1.807) is 0 Å². The Morgan fingerprint density at radius 2 is 1.55 bits per heavy atom. The van der Waals surface area contributed by atoms with Crippen LogP contribution in [0.15, 0.2) is 68.6 Å². The molecule has 31 heavy (non-hydrogen) atoms. The summed E-state index contributed by atoms with van der Waals surface area (Å²) >= 11 is 0. The first-order chi connectivity index (χ1) is 13.9.